The van der Waals surface area contributed by atoms with Gasteiger partial charge in [-0.25, -0.2) is 9.97 Å². The van der Waals surface area contributed by atoms with Crippen molar-refractivity contribution in [2.45, 2.75) is 40.0 Å². The van der Waals surface area contributed by atoms with Gasteiger partial charge in [-0.05, 0) is 26.2 Å². The number of aromatic nitrogens is 2. The number of anilines is 1. The van der Waals surface area contributed by atoms with Crippen LogP contribution in [-0.4, -0.2) is 35.5 Å². The average Bonchev–Trinajstić information content (AvgIpc) is 2.88. The highest BCUT2D eigenvalue weighted by atomic mass is 16.1. The molecule has 5 nitrogen and oxygen atoms in total. The van der Waals surface area contributed by atoms with E-state index >= 15 is 0 Å². The molecule has 1 saturated heterocycles. The smallest absolute Gasteiger partial charge is 0.224 e. The van der Waals surface area contributed by atoms with Crippen molar-refractivity contribution in [1.29, 1.82) is 0 Å². The second kappa shape index (κ2) is 6.20. The van der Waals surface area contributed by atoms with Gasteiger partial charge in [-0.2, -0.15) is 0 Å². The molecule has 0 saturated carbocycles. The molecule has 2 rings (SSSR count). The van der Waals surface area contributed by atoms with Gasteiger partial charge in [-0.1, -0.05) is 13.8 Å². The van der Waals surface area contributed by atoms with Gasteiger partial charge in [0.1, 0.15) is 11.6 Å². The van der Waals surface area contributed by atoms with Gasteiger partial charge in [0, 0.05) is 31.4 Å². The first-order valence-electron chi connectivity index (χ1n) is 7.39. The SMILES string of the molecule is CCNC(=O)C1CCN(c2cc(C(C)C)nc(C)n2)C1. The molecule has 0 aromatic carbocycles. The monoisotopic (exact) mass is 276 g/mol. The number of nitrogens with one attached hydrogen (secondary N) is 1. The van der Waals surface area contributed by atoms with Gasteiger partial charge in [0.2, 0.25) is 5.91 Å². The van der Waals surface area contributed by atoms with Gasteiger partial charge in [-0.3, -0.25) is 4.79 Å². The molecule has 0 bridgehead atoms. The number of aryl methyl sites for hydroxylation is 1. The maximum absolute atomic E-state index is 11.9. The van der Waals surface area contributed by atoms with E-state index in [0.29, 0.717) is 12.5 Å². The lowest BCUT2D eigenvalue weighted by molar-refractivity contribution is -0.124. The minimum atomic E-state index is 0.0766. The van der Waals surface area contributed by atoms with Crippen LogP contribution in [0.15, 0.2) is 6.07 Å². The maximum Gasteiger partial charge on any atom is 0.224 e. The van der Waals surface area contributed by atoms with Crippen LogP contribution in [0.3, 0.4) is 0 Å². The fourth-order valence-electron chi connectivity index (χ4n) is 2.53. The zero-order valence-corrected chi connectivity index (χ0v) is 12.8. The predicted molar refractivity (Wildman–Crippen MR) is 79.9 cm³/mol. The van der Waals surface area contributed by atoms with Crippen LogP contribution in [0, 0.1) is 12.8 Å². The molecule has 1 unspecified atom stereocenters. The summed E-state index contributed by atoms with van der Waals surface area (Å²) >= 11 is 0. The molecule has 1 aromatic heterocycles. The summed E-state index contributed by atoms with van der Waals surface area (Å²) in [6, 6.07) is 2.05. The van der Waals surface area contributed by atoms with Crippen molar-refractivity contribution in [3.63, 3.8) is 0 Å². The Morgan fingerprint density at radius 2 is 2.25 bits per heavy atom. The van der Waals surface area contributed by atoms with Crippen molar-refractivity contribution in [1.82, 2.24) is 15.3 Å². The number of nitrogens with zero attached hydrogens (tertiary/aromatic N) is 3. The molecule has 1 N–H and O–H groups in total. The van der Waals surface area contributed by atoms with Gasteiger partial charge < -0.3 is 10.2 Å². The highest BCUT2D eigenvalue weighted by Crippen LogP contribution is 2.24. The Morgan fingerprint density at radius 1 is 1.50 bits per heavy atom. The Kier molecular flexibility index (Phi) is 4.57. The molecule has 0 radical (unpaired) electrons. The van der Waals surface area contributed by atoms with Crippen LogP contribution < -0.4 is 10.2 Å². The summed E-state index contributed by atoms with van der Waals surface area (Å²) in [5.41, 5.74) is 1.06. The van der Waals surface area contributed by atoms with E-state index in [1.807, 2.05) is 13.8 Å². The van der Waals surface area contributed by atoms with Crippen molar-refractivity contribution < 1.29 is 4.79 Å². The van der Waals surface area contributed by atoms with E-state index in [9.17, 15) is 4.79 Å². The Balaban J connectivity index is 2.12. The quantitative estimate of drug-likeness (QED) is 0.912. The lowest BCUT2D eigenvalue weighted by atomic mass is 10.1. The minimum absolute atomic E-state index is 0.0766. The Bertz CT molecular complexity index is 487. The van der Waals surface area contributed by atoms with Crippen LogP contribution in [0.2, 0.25) is 0 Å². The summed E-state index contributed by atoms with van der Waals surface area (Å²) in [5.74, 6) is 2.37. The first-order chi connectivity index (χ1) is 9.51. The maximum atomic E-state index is 11.9. The summed E-state index contributed by atoms with van der Waals surface area (Å²) < 4.78 is 0. The number of carbonyl (C=O) groups is 1. The van der Waals surface area contributed by atoms with Crippen LogP contribution in [0.1, 0.15) is 44.6 Å². The number of rotatable bonds is 4. The second-order valence-electron chi connectivity index (χ2n) is 5.68. The van der Waals surface area contributed by atoms with Gasteiger partial charge in [0.25, 0.3) is 0 Å². The fraction of sp³-hybridized carbons (Fsp3) is 0.667. The van der Waals surface area contributed by atoms with Crippen molar-refractivity contribution in [3.8, 4) is 0 Å². The van der Waals surface area contributed by atoms with E-state index in [1.165, 1.54) is 0 Å². The third kappa shape index (κ3) is 3.26. The standard InChI is InChI=1S/C15H24N4O/c1-5-16-15(20)12-6-7-19(9-12)14-8-13(10(2)3)17-11(4)18-14/h8,10,12H,5-7,9H2,1-4H3,(H,16,20). The van der Waals surface area contributed by atoms with Crippen LogP contribution in [-0.2, 0) is 4.79 Å². The zero-order valence-electron chi connectivity index (χ0n) is 12.8. The van der Waals surface area contributed by atoms with Crippen LogP contribution in [0.5, 0.6) is 0 Å². The highest BCUT2D eigenvalue weighted by Gasteiger charge is 2.29. The molecule has 110 valence electrons. The molecule has 1 amide bonds. The topological polar surface area (TPSA) is 58.1 Å². The number of hydrogen-bond donors (Lipinski definition) is 1. The van der Waals surface area contributed by atoms with Crippen molar-refractivity contribution in [3.05, 3.63) is 17.6 Å². The summed E-state index contributed by atoms with van der Waals surface area (Å²) in [6.07, 6.45) is 0.895. The zero-order chi connectivity index (χ0) is 14.7. The van der Waals surface area contributed by atoms with Gasteiger partial charge in [0.15, 0.2) is 0 Å². The number of hydrogen-bond acceptors (Lipinski definition) is 4. The fourth-order valence-corrected chi connectivity index (χ4v) is 2.53. The summed E-state index contributed by atoms with van der Waals surface area (Å²) in [6.45, 7) is 10.5. The molecular weight excluding hydrogens is 252 g/mol. The third-order valence-electron chi connectivity index (χ3n) is 3.67. The lowest BCUT2D eigenvalue weighted by Gasteiger charge is -2.19. The predicted octanol–water partition coefficient (Wildman–Crippen LogP) is 1.87. The van der Waals surface area contributed by atoms with Crippen LogP contribution >= 0.6 is 0 Å². The normalized spacial score (nSPS) is 18.6. The minimum Gasteiger partial charge on any atom is -0.356 e. The first-order valence-corrected chi connectivity index (χ1v) is 7.39. The van der Waals surface area contributed by atoms with E-state index < -0.39 is 0 Å². The molecule has 1 aliphatic rings. The molecule has 5 heteroatoms. The molecule has 0 spiro atoms. The Labute approximate surface area is 120 Å². The summed E-state index contributed by atoms with van der Waals surface area (Å²) in [4.78, 5) is 23.1. The largest absolute Gasteiger partial charge is 0.356 e. The second-order valence-corrected chi connectivity index (χ2v) is 5.68. The Hall–Kier alpha value is -1.65. The molecule has 2 heterocycles. The van der Waals surface area contributed by atoms with E-state index in [1.54, 1.807) is 0 Å². The van der Waals surface area contributed by atoms with Gasteiger partial charge in [-0.15, -0.1) is 0 Å². The van der Waals surface area contributed by atoms with Gasteiger partial charge >= 0.3 is 0 Å². The van der Waals surface area contributed by atoms with Gasteiger partial charge in [0.05, 0.1) is 5.92 Å². The van der Waals surface area contributed by atoms with Crippen molar-refractivity contribution in [2.24, 2.45) is 5.92 Å². The number of carbonyl (C=O) groups excluding carboxylic acids is 1. The van der Waals surface area contributed by atoms with Crippen LogP contribution in [0.4, 0.5) is 5.82 Å². The molecular formula is C15H24N4O. The third-order valence-corrected chi connectivity index (χ3v) is 3.67. The van der Waals surface area contributed by atoms with E-state index in [4.69, 9.17) is 0 Å². The number of amides is 1. The van der Waals surface area contributed by atoms with Crippen LogP contribution in [0.25, 0.3) is 0 Å². The summed E-state index contributed by atoms with van der Waals surface area (Å²) in [5, 5.41) is 2.90. The molecule has 1 aromatic rings. The molecule has 1 aliphatic heterocycles. The van der Waals surface area contributed by atoms with Crippen molar-refractivity contribution in [2.75, 3.05) is 24.5 Å². The Morgan fingerprint density at radius 3 is 2.90 bits per heavy atom. The molecule has 1 fully saturated rings. The van der Waals surface area contributed by atoms with E-state index in [0.717, 1.165) is 36.8 Å². The van der Waals surface area contributed by atoms with E-state index in [-0.39, 0.29) is 11.8 Å². The van der Waals surface area contributed by atoms with E-state index in [2.05, 4.69) is 40.1 Å². The first kappa shape index (κ1) is 14.8. The molecule has 1 atom stereocenters. The molecule has 0 aliphatic carbocycles. The lowest BCUT2D eigenvalue weighted by Crippen LogP contribution is -2.32. The molecule has 20 heavy (non-hydrogen) atoms. The highest BCUT2D eigenvalue weighted by molar-refractivity contribution is 5.79. The summed E-state index contributed by atoms with van der Waals surface area (Å²) in [7, 11) is 0. The van der Waals surface area contributed by atoms with Crippen molar-refractivity contribution >= 4 is 11.7 Å². The average molecular weight is 276 g/mol.